The number of ether oxygens (including phenoxy) is 1. The van der Waals surface area contributed by atoms with Crippen molar-refractivity contribution in [2.75, 3.05) is 13.0 Å². The lowest BCUT2D eigenvalue weighted by Crippen LogP contribution is -2.30. The summed E-state index contributed by atoms with van der Waals surface area (Å²) in [5.74, 6) is 1.15. The number of unbranched alkanes of at least 4 members (excludes halogenated alkanes) is 1. The quantitative estimate of drug-likeness (QED) is 0.671. The summed E-state index contributed by atoms with van der Waals surface area (Å²) in [5, 5.41) is 0.449. The first kappa shape index (κ1) is 13.7. The van der Waals surface area contributed by atoms with Crippen LogP contribution in [0.3, 0.4) is 0 Å². The summed E-state index contributed by atoms with van der Waals surface area (Å²) in [5.41, 5.74) is -0.172. The predicted molar refractivity (Wildman–Crippen MR) is 75.3 cm³/mol. The SMILES string of the molecule is COc1ccc2c(c1)c(=O)[nH]c(=O)n2CCCCCl. The molecule has 19 heavy (non-hydrogen) atoms. The number of H-pyrrole nitrogens is 1. The first-order chi connectivity index (χ1) is 9.17. The molecule has 1 N–H and O–H groups in total. The van der Waals surface area contributed by atoms with Gasteiger partial charge in [-0.3, -0.25) is 14.3 Å². The van der Waals surface area contributed by atoms with Crippen molar-refractivity contribution in [1.82, 2.24) is 9.55 Å². The lowest BCUT2D eigenvalue weighted by atomic mass is 10.2. The van der Waals surface area contributed by atoms with Gasteiger partial charge in [-0.2, -0.15) is 0 Å². The molecule has 2 rings (SSSR count). The van der Waals surface area contributed by atoms with E-state index in [-0.39, 0.29) is 0 Å². The van der Waals surface area contributed by atoms with E-state index < -0.39 is 11.2 Å². The van der Waals surface area contributed by atoms with Crippen LogP contribution in [-0.2, 0) is 6.54 Å². The van der Waals surface area contributed by atoms with Crippen LogP contribution in [0.2, 0.25) is 0 Å². The van der Waals surface area contributed by atoms with Crippen LogP contribution in [-0.4, -0.2) is 22.5 Å². The number of nitrogens with one attached hydrogen (secondary N) is 1. The van der Waals surface area contributed by atoms with E-state index in [4.69, 9.17) is 16.3 Å². The number of alkyl halides is 1. The Kier molecular flexibility index (Phi) is 4.27. The summed E-state index contributed by atoms with van der Waals surface area (Å²) in [6.07, 6.45) is 1.61. The first-order valence-electron chi connectivity index (χ1n) is 6.04. The molecule has 0 saturated carbocycles. The highest BCUT2D eigenvalue weighted by molar-refractivity contribution is 6.17. The van der Waals surface area contributed by atoms with Gasteiger partial charge in [-0.1, -0.05) is 0 Å². The fourth-order valence-electron chi connectivity index (χ4n) is 1.99. The molecule has 1 aromatic carbocycles. The highest BCUT2D eigenvalue weighted by atomic mass is 35.5. The number of hydrogen-bond donors (Lipinski definition) is 1. The van der Waals surface area contributed by atoms with Crippen LogP contribution in [0.25, 0.3) is 10.9 Å². The molecule has 0 amide bonds. The van der Waals surface area contributed by atoms with E-state index >= 15 is 0 Å². The maximum absolute atomic E-state index is 11.8. The molecule has 0 aliphatic rings. The molecule has 102 valence electrons. The van der Waals surface area contributed by atoms with E-state index in [1.807, 2.05) is 0 Å². The smallest absolute Gasteiger partial charge is 0.328 e. The number of benzene rings is 1. The number of fused-ring (bicyclic) bond motifs is 1. The monoisotopic (exact) mass is 282 g/mol. The molecule has 0 bridgehead atoms. The number of aromatic nitrogens is 2. The third kappa shape index (κ3) is 2.81. The maximum Gasteiger partial charge on any atom is 0.328 e. The summed E-state index contributed by atoms with van der Waals surface area (Å²) in [6.45, 7) is 0.533. The van der Waals surface area contributed by atoms with E-state index in [0.29, 0.717) is 29.1 Å². The van der Waals surface area contributed by atoms with E-state index in [2.05, 4.69) is 4.98 Å². The van der Waals surface area contributed by atoms with Crippen LogP contribution in [0, 0.1) is 0 Å². The molecule has 6 heteroatoms. The zero-order valence-corrected chi connectivity index (χ0v) is 11.4. The number of aryl methyl sites for hydroxylation is 1. The van der Waals surface area contributed by atoms with E-state index in [9.17, 15) is 9.59 Å². The van der Waals surface area contributed by atoms with Gasteiger partial charge in [0.1, 0.15) is 5.75 Å². The van der Waals surface area contributed by atoms with Gasteiger partial charge < -0.3 is 4.74 Å². The zero-order valence-electron chi connectivity index (χ0n) is 10.6. The zero-order chi connectivity index (χ0) is 13.8. The molecule has 0 aliphatic carbocycles. The Morgan fingerprint density at radius 1 is 1.32 bits per heavy atom. The molecule has 0 aliphatic heterocycles. The number of nitrogens with zero attached hydrogens (tertiary/aromatic N) is 1. The Bertz CT molecular complexity index is 690. The standard InChI is InChI=1S/C13H15ClN2O3/c1-19-9-4-5-11-10(8-9)12(17)15-13(18)16(11)7-3-2-6-14/h4-5,8H,2-3,6-7H2,1H3,(H,15,17,18). The first-order valence-corrected chi connectivity index (χ1v) is 6.57. The second-order valence-electron chi connectivity index (χ2n) is 4.19. The minimum atomic E-state index is -0.396. The molecule has 5 nitrogen and oxygen atoms in total. The van der Waals surface area contributed by atoms with Gasteiger partial charge in [-0.15, -0.1) is 11.6 Å². The van der Waals surface area contributed by atoms with Crippen molar-refractivity contribution in [2.45, 2.75) is 19.4 Å². The van der Waals surface area contributed by atoms with Crippen LogP contribution >= 0.6 is 11.6 Å². The van der Waals surface area contributed by atoms with Gasteiger partial charge in [0.25, 0.3) is 5.56 Å². The predicted octanol–water partition coefficient (Wildman–Crippen LogP) is 1.72. The Labute approximate surface area is 114 Å². The van der Waals surface area contributed by atoms with Gasteiger partial charge in [0, 0.05) is 12.4 Å². The number of hydrogen-bond acceptors (Lipinski definition) is 3. The molecular formula is C13H15ClN2O3. The van der Waals surface area contributed by atoms with Gasteiger partial charge in [0.05, 0.1) is 18.0 Å². The Hall–Kier alpha value is -1.75. The summed E-state index contributed by atoms with van der Waals surface area (Å²) in [4.78, 5) is 26.0. The molecule has 0 fully saturated rings. The van der Waals surface area contributed by atoms with E-state index in [0.717, 1.165) is 12.8 Å². The van der Waals surface area contributed by atoms with Gasteiger partial charge >= 0.3 is 5.69 Å². The molecule has 0 saturated heterocycles. The van der Waals surface area contributed by atoms with Crippen molar-refractivity contribution in [2.24, 2.45) is 0 Å². The van der Waals surface area contributed by atoms with Crippen LogP contribution in [0.15, 0.2) is 27.8 Å². The lowest BCUT2D eigenvalue weighted by Gasteiger charge is -2.09. The van der Waals surface area contributed by atoms with Gasteiger partial charge in [0.2, 0.25) is 0 Å². The van der Waals surface area contributed by atoms with Crippen molar-refractivity contribution in [3.05, 3.63) is 39.0 Å². The summed E-state index contributed by atoms with van der Waals surface area (Å²) in [6, 6.07) is 5.09. The Morgan fingerprint density at radius 2 is 2.11 bits per heavy atom. The minimum absolute atomic E-state index is 0.391. The van der Waals surface area contributed by atoms with Crippen LogP contribution in [0.1, 0.15) is 12.8 Å². The summed E-state index contributed by atoms with van der Waals surface area (Å²) >= 11 is 5.63. The molecular weight excluding hydrogens is 268 g/mol. The van der Waals surface area contributed by atoms with Crippen LogP contribution in [0.4, 0.5) is 0 Å². The highest BCUT2D eigenvalue weighted by Gasteiger charge is 2.08. The van der Waals surface area contributed by atoms with Crippen molar-refractivity contribution < 1.29 is 4.74 Å². The van der Waals surface area contributed by atoms with Crippen molar-refractivity contribution in [3.8, 4) is 5.75 Å². The number of halogens is 1. The van der Waals surface area contributed by atoms with Crippen molar-refractivity contribution in [3.63, 3.8) is 0 Å². The molecule has 0 radical (unpaired) electrons. The normalized spacial score (nSPS) is 10.8. The minimum Gasteiger partial charge on any atom is -0.497 e. The Balaban J connectivity index is 2.56. The maximum atomic E-state index is 11.8. The van der Waals surface area contributed by atoms with Crippen LogP contribution < -0.4 is 16.0 Å². The number of methoxy groups -OCH3 is 1. The number of rotatable bonds is 5. The topological polar surface area (TPSA) is 64.1 Å². The van der Waals surface area contributed by atoms with Gasteiger partial charge in [-0.25, -0.2) is 4.79 Å². The largest absolute Gasteiger partial charge is 0.497 e. The third-order valence-corrected chi connectivity index (χ3v) is 3.24. The summed E-state index contributed by atoms with van der Waals surface area (Å²) < 4.78 is 6.65. The van der Waals surface area contributed by atoms with Crippen molar-refractivity contribution >= 4 is 22.5 Å². The second kappa shape index (κ2) is 5.93. The highest BCUT2D eigenvalue weighted by Crippen LogP contribution is 2.16. The fraction of sp³-hybridized carbons (Fsp3) is 0.385. The molecule has 0 spiro atoms. The Morgan fingerprint density at radius 3 is 2.79 bits per heavy atom. The fourth-order valence-corrected chi connectivity index (χ4v) is 2.18. The molecule has 0 unspecified atom stereocenters. The van der Waals surface area contributed by atoms with E-state index in [1.165, 1.54) is 7.11 Å². The van der Waals surface area contributed by atoms with Gasteiger partial charge in [0.15, 0.2) is 0 Å². The average molecular weight is 283 g/mol. The van der Waals surface area contributed by atoms with Gasteiger partial charge in [-0.05, 0) is 31.0 Å². The molecule has 1 heterocycles. The van der Waals surface area contributed by atoms with Crippen molar-refractivity contribution in [1.29, 1.82) is 0 Å². The molecule has 2 aromatic rings. The third-order valence-electron chi connectivity index (χ3n) is 2.97. The van der Waals surface area contributed by atoms with Crippen LogP contribution in [0.5, 0.6) is 5.75 Å². The second-order valence-corrected chi connectivity index (χ2v) is 4.57. The summed E-state index contributed by atoms with van der Waals surface area (Å²) in [7, 11) is 1.53. The van der Waals surface area contributed by atoms with E-state index in [1.54, 1.807) is 22.8 Å². The molecule has 0 atom stereocenters. The number of aromatic amines is 1. The molecule has 1 aromatic heterocycles. The average Bonchev–Trinajstić information content (AvgIpc) is 2.42. The lowest BCUT2D eigenvalue weighted by molar-refractivity contribution is 0.415.